The second kappa shape index (κ2) is 5.04. The number of nitrogens with one attached hydrogen (secondary N) is 1. The summed E-state index contributed by atoms with van der Waals surface area (Å²) in [5.41, 5.74) is -0.977. The molecule has 0 bridgehead atoms. The van der Waals surface area contributed by atoms with Crippen molar-refractivity contribution in [1.29, 1.82) is 0 Å². The lowest BCUT2D eigenvalue weighted by molar-refractivity contribution is 0.0694. The Morgan fingerprint density at radius 2 is 2.05 bits per heavy atom. The van der Waals surface area contributed by atoms with Gasteiger partial charge in [0.2, 0.25) is 0 Å². The summed E-state index contributed by atoms with van der Waals surface area (Å²) in [7, 11) is 1.43. The maximum atomic E-state index is 11.9. The van der Waals surface area contributed by atoms with E-state index in [1.807, 2.05) is 11.9 Å². The highest BCUT2D eigenvalue weighted by Crippen LogP contribution is 2.22. The minimum Gasteiger partial charge on any atom is -0.495 e. The van der Waals surface area contributed by atoms with Gasteiger partial charge in [0.1, 0.15) is 11.3 Å². The van der Waals surface area contributed by atoms with Gasteiger partial charge < -0.3 is 9.84 Å². The lowest BCUT2D eigenvalue weighted by Crippen LogP contribution is -2.32. The van der Waals surface area contributed by atoms with Gasteiger partial charge in [-0.3, -0.25) is 14.3 Å². The summed E-state index contributed by atoms with van der Waals surface area (Å²) in [6, 6.07) is 5.10. The molecule has 0 aliphatic heterocycles. The summed E-state index contributed by atoms with van der Waals surface area (Å²) in [5, 5.41) is 8.94. The number of aromatic amines is 1. The first-order chi connectivity index (χ1) is 9.43. The molecule has 0 spiro atoms. The molecule has 0 radical (unpaired) electrons. The second-order valence-electron chi connectivity index (χ2n) is 4.15. The lowest BCUT2D eigenvalue weighted by Gasteiger charge is -2.11. The molecular formula is C13H12N2O5. The highest BCUT2D eigenvalue weighted by atomic mass is 16.5. The zero-order valence-corrected chi connectivity index (χ0v) is 10.8. The molecule has 0 fully saturated rings. The maximum Gasteiger partial charge on any atom is 0.342 e. The maximum absolute atomic E-state index is 11.9. The number of benzene rings is 1. The first-order valence-corrected chi connectivity index (χ1v) is 5.68. The molecule has 0 atom stereocenters. The van der Waals surface area contributed by atoms with Crippen LogP contribution in [0.1, 0.15) is 15.9 Å². The van der Waals surface area contributed by atoms with Crippen LogP contribution in [-0.2, 0) is 0 Å². The second-order valence-corrected chi connectivity index (χ2v) is 4.15. The van der Waals surface area contributed by atoms with E-state index < -0.39 is 22.8 Å². The van der Waals surface area contributed by atoms with Crippen molar-refractivity contribution in [2.75, 3.05) is 7.11 Å². The van der Waals surface area contributed by atoms with Crippen molar-refractivity contribution in [1.82, 2.24) is 9.55 Å². The van der Waals surface area contributed by atoms with Crippen LogP contribution >= 0.6 is 0 Å². The van der Waals surface area contributed by atoms with E-state index in [-0.39, 0.29) is 0 Å². The fourth-order valence-corrected chi connectivity index (χ4v) is 1.79. The van der Waals surface area contributed by atoms with Crippen molar-refractivity contribution in [2.45, 2.75) is 6.92 Å². The molecule has 20 heavy (non-hydrogen) atoms. The van der Waals surface area contributed by atoms with Crippen LogP contribution < -0.4 is 16.0 Å². The third kappa shape index (κ3) is 2.33. The average molecular weight is 276 g/mol. The standard InChI is InChI=1S/C13H12N2O5/c1-7-3-4-10(20-2)9(5-7)15-6-8(12(17)18)11(16)14-13(15)19/h3-6H,1-2H3,(H,17,18)(H,14,16,19). The van der Waals surface area contributed by atoms with Crippen molar-refractivity contribution in [3.63, 3.8) is 0 Å². The van der Waals surface area contributed by atoms with E-state index in [9.17, 15) is 14.4 Å². The Labute approximate surface area is 113 Å². The van der Waals surface area contributed by atoms with E-state index in [1.165, 1.54) is 7.11 Å². The zero-order valence-electron chi connectivity index (χ0n) is 10.8. The van der Waals surface area contributed by atoms with E-state index >= 15 is 0 Å². The molecule has 0 unspecified atom stereocenters. The first kappa shape index (κ1) is 13.6. The monoisotopic (exact) mass is 276 g/mol. The van der Waals surface area contributed by atoms with Crippen molar-refractivity contribution in [2.24, 2.45) is 0 Å². The zero-order chi connectivity index (χ0) is 14.9. The number of nitrogens with zero attached hydrogens (tertiary/aromatic N) is 1. The smallest absolute Gasteiger partial charge is 0.342 e. The minimum atomic E-state index is -1.41. The molecule has 7 nitrogen and oxygen atoms in total. The Bertz CT molecular complexity index is 788. The lowest BCUT2D eigenvalue weighted by atomic mass is 10.2. The molecule has 0 saturated heterocycles. The van der Waals surface area contributed by atoms with E-state index in [2.05, 4.69) is 0 Å². The number of aromatic carboxylic acids is 1. The van der Waals surface area contributed by atoms with Gasteiger partial charge in [-0.2, -0.15) is 0 Å². The number of rotatable bonds is 3. The molecule has 1 heterocycles. The molecule has 0 aliphatic carbocycles. The van der Waals surface area contributed by atoms with Crippen LogP contribution in [0.5, 0.6) is 5.75 Å². The quantitative estimate of drug-likeness (QED) is 0.852. The largest absolute Gasteiger partial charge is 0.495 e. The Kier molecular flexibility index (Phi) is 3.43. The van der Waals surface area contributed by atoms with Crippen molar-refractivity contribution >= 4 is 5.97 Å². The molecule has 1 aromatic heterocycles. The Balaban J connectivity index is 2.79. The van der Waals surface area contributed by atoms with Gasteiger partial charge in [0.05, 0.1) is 12.8 Å². The molecule has 2 N–H and O–H groups in total. The fourth-order valence-electron chi connectivity index (χ4n) is 1.79. The number of carboxylic acids is 1. The van der Waals surface area contributed by atoms with Gasteiger partial charge >= 0.3 is 11.7 Å². The third-order valence-corrected chi connectivity index (χ3v) is 2.77. The summed E-state index contributed by atoms with van der Waals surface area (Å²) < 4.78 is 6.18. The van der Waals surface area contributed by atoms with Crippen LogP contribution in [0.25, 0.3) is 5.69 Å². The molecule has 104 valence electrons. The van der Waals surface area contributed by atoms with Gasteiger partial charge in [0, 0.05) is 6.20 Å². The number of hydrogen-bond donors (Lipinski definition) is 2. The molecule has 0 aliphatic rings. The number of H-pyrrole nitrogens is 1. The first-order valence-electron chi connectivity index (χ1n) is 5.68. The van der Waals surface area contributed by atoms with Gasteiger partial charge in [-0.05, 0) is 24.6 Å². The Hall–Kier alpha value is -2.83. The summed E-state index contributed by atoms with van der Waals surface area (Å²) in [6.07, 6.45) is 0.987. The highest BCUT2D eigenvalue weighted by Gasteiger charge is 2.14. The predicted molar refractivity (Wildman–Crippen MR) is 70.9 cm³/mol. The van der Waals surface area contributed by atoms with Crippen molar-refractivity contribution in [3.8, 4) is 11.4 Å². The number of aryl methyl sites for hydroxylation is 1. The van der Waals surface area contributed by atoms with Gasteiger partial charge in [-0.1, -0.05) is 6.07 Å². The fraction of sp³-hybridized carbons (Fsp3) is 0.154. The van der Waals surface area contributed by atoms with Crippen molar-refractivity contribution in [3.05, 3.63) is 56.4 Å². The van der Waals surface area contributed by atoms with Crippen LogP contribution in [-0.4, -0.2) is 27.7 Å². The normalized spacial score (nSPS) is 10.3. The summed E-state index contributed by atoms with van der Waals surface area (Å²) >= 11 is 0. The summed E-state index contributed by atoms with van der Waals surface area (Å²) in [6.45, 7) is 1.82. The average Bonchev–Trinajstić information content (AvgIpc) is 2.38. The molecule has 0 amide bonds. The van der Waals surface area contributed by atoms with Crippen LogP contribution in [0, 0.1) is 6.92 Å². The molecular weight excluding hydrogens is 264 g/mol. The Morgan fingerprint density at radius 3 is 2.65 bits per heavy atom. The third-order valence-electron chi connectivity index (χ3n) is 2.77. The number of carbonyl (C=O) groups is 1. The van der Waals surface area contributed by atoms with Gasteiger partial charge in [-0.25, -0.2) is 9.59 Å². The molecule has 1 aromatic carbocycles. The number of hydrogen-bond acceptors (Lipinski definition) is 4. The van der Waals surface area contributed by atoms with E-state index in [4.69, 9.17) is 9.84 Å². The number of aromatic nitrogens is 2. The van der Waals surface area contributed by atoms with Crippen LogP contribution in [0.15, 0.2) is 34.0 Å². The molecule has 2 rings (SSSR count). The van der Waals surface area contributed by atoms with E-state index in [0.717, 1.165) is 16.3 Å². The van der Waals surface area contributed by atoms with Crippen LogP contribution in [0.4, 0.5) is 0 Å². The topological polar surface area (TPSA) is 101 Å². The van der Waals surface area contributed by atoms with Crippen LogP contribution in [0.3, 0.4) is 0 Å². The van der Waals surface area contributed by atoms with Crippen LogP contribution in [0.2, 0.25) is 0 Å². The predicted octanol–water partition coefficient (Wildman–Crippen LogP) is 0.541. The number of carboxylic acid groups (broad SMARTS) is 1. The Morgan fingerprint density at radius 1 is 1.35 bits per heavy atom. The minimum absolute atomic E-state index is 0.358. The van der Waals surface area contributed by atoms with E-state index in [1.54, 1.807) is 18.2 Å². The number of methoxy groups -OCH3 is 1. The molecule has 7 heteroatoms. The van der Waals surface area contributed by atoms with Gasteiger partial charge in [0.15, 0.2) is 0 Å². The molecule has 2 aromatic rings. The van der Waals surface area contributed by atoms with E-state index in [0.29, 0.717) is 11.4 Å². The SMILES string of the molecule is COc1ccc(C)cc1-n1cc(C(=O)O)c(=O)[nH]c1=O. The van der Waals surface area contributed by atoms with Crippen molar-refractivity contribution < 1.29 is 14.6 Å². The summed E-state index contributed by atoms with van der Waals surface area (Å²) in [5.74, 6) is -1.02. The number of ether oxygens (including phenoxy) is 1. The van der Waals surface area contributed by atoms with Gasteiger partial charge in [0.25, 0.3) is 5.56 Å². The van der Waals surface area contributed by atoms with Gasteiger partial charge in [-0.15, -0.1) is 0 Å². The highest BCUT2D eigenvalue weighted by molar-refractivity contribution is 5.86. The summed E-state index contributed by atoms with van der Waals surface area (Å²) in [4.78, 5) is 36.2. The molecule has 0 saturated carbocycles.